The van der Waals surface area contributed by atoms with Gasteiger partial charge in [-0.1, -0.05) is 18.2 Å². The third-order valence-electron chi connectivity index (χ3n) is 3.60. The molecule has 1 aromatic carbocycles. The van der Waals surface area contributed by atoms with Gasteiger partial charge in [0, 0.05) is 19.7 Å². The van der Waals surface area contributed by atoms with Crippen LogP contribution in [0.1, 0.15) is 19.3 Å². The molecule has 0 aromatic heterocycles. The lowest BCUT2D eigenvalue weighted by Crippen LogP contribution is -2.43. The molecule has 0 aliphatic carbocycles. The van der Waals surface area contributed by atoms with Crippen LogP contribution in [-0.4, -0.2) is 49.8 Å². The van der Waals surface area contributed by atoms with Crippen molar-refractivity contribution in [2.24, 2.45) is 5.73 Å². The Morgan fingerprint density at radius 1 is 1.24 bits per heavy atom. The van der Waals surface area contributed by atoms with E-state index in [4.69, 9.17) is 15.2 Å². The largest absolute Gasteiger partial charge is 0.484 e. The number of benzene rings is 1. The molecule has 116 valence electrons. The highest BCUT2D eigenvalue weighted by Gasteiger charge is 2.23. The quantitative estimate of drug-likeness (QED) is 0.772. The van der Waals surface area contributed by atoms with Gasteiger partial charge in [0.2, 0.25) is 0 Å². The van der Waals surface area contributed by atoms with Gasteiger partial charge in [-0.15, -0.1) is 0 Å². The number of ether oxygens (including phenoxy) is 2. The van der Waals surface area contributed by atoms with Gasteiger partial charge in [-0.25, -0.2) is 0 Å². The Morgan fingerprint density at radius 2 is 1.95 bits per heavy atom. The van der Waals surface area contributed by atoms with E-state index in [2.05, 4.69) is 0 Å². The first-order valence-corrected chi connectivity index (χ1v) is 7.57. The topological polar surface area (TPSA) is 64.8 Å². The highest BCUT2D eigenvalue weighted by Crippen LogP contribution is 2.15. The monoisotopic (exact) mass is 292 g/mol. The molecule has 5 heteroatoms. The molecule has 1 aliphatic heterocycles. The Balaban J connectivity index is 1.66. The second-order valence-electron chi connectivity index (χ2n) is 5.19. The van der Waals surface area contributed by atoms with Gasteiger partial charge < -0.3 is 20.1 Å². The summed E-state index contributed by atoms with van der Waals surface area (Å²) in [6.45, 7) is 2.96. The van der Waals surface area contributed by atoms with E-state index in [0.717, 1.165) is 38.1 Å². The van der Waals surface area contributed by atoms with Crippen LogP contribution in [0.4, 0.5) is 0 Å². The van der Waals surface area contributed by atoms with E-state index in [-0.39, 0.29) is 18.6 Å². The first-order chi connectivity index (χ1) is 10.3. The third-order valence-corrected chi connectivity index (χ3v) is 3.60. The summed E-state index contributed by atoms with van der Waals surface area (Å²) >= 11 is 0. The third kappa shape index (κ3) is 5.36. The van der Waals surface area contributed by atoms with Crippen LogP contribution in [0.5, 0.6) is 5.75 Å². The highest BCUT2D eigenvalue weighted by molar-refractivity contribution is 5.77. The summed E-state index contributed by atoms with van der Waals surface area (Å²) in [5.74, 6) is 0.769. The number of hydrogen-bond donors (Lipinski definition) is 1. The van der Waals surface area contributed by atoms with Crippen molar-refractivity contribution in [2.75, 3.05) is 32.8 Å². The second-order valence-corrected chi connectivity index (χ2v) is 5.19. The molecule has 2 rings (SSSR count). The summed E-state index contributed by atoms with van der Waals surface area (Å²) in [4.78, 5) is 13.9. The molecular weight excluding hydrogens is 268 g/mol. The Bertz CT molecular complexity index is 417. The van der Waals surface area contributed by atoms with Crippen molar-refractivity contribution in [1.29, 1.82) is 0 Å². The van der Waals surface area contributed by atoms with Gasteiger partial charge in [0.05, 0.1) is 6.10 Å². The number of carbonyl (C=O) groups is 1. The molecule has 0 unspecified atom stereocenters. The molecule has 5 nitrogen and oxygen atoms in total. The fourth-order valence-electron chi connectivity index (χ4n) is 2.36. The summed E-state index contributed by atoms with van der Waals surface area (Å²) in [5, 5.41) is 0. The lowest BCUT2D eigenvalue weighted by Gasteiger charge is -2.31. The zero-order chi connectivity index (χ0) is 14.9. The zero-order valence-electron chi connectivity index (χ0n) is 12.4. The number of likely N-dealkylation sites (tertiary alicyclic amines) is 1. The van der Waals surface area contributed by atoms with Crippen LogP contribution in [0.3, 0.4) is 0 Å². The predicted octanol–water partition coefficient (Wildman–Crippen LogP) is 1.42. The average molecular weight is 292 g/mol. The maximum Gasteiger partial charge on any atom is 0.260 e. The van der Waals surface area contributed by atoms with Crippen molar-refractivity contribution in [3.63, 3.8) is 0 Å². The summed E-state index contributed by atoms with van der Waals surface area (Å²) < 4.78 is 11.2. The first kappa shape index (κ1) is 15.8. The summed E-state index contributed by atoms with van der Waals surface area (Å²) in [6, 6.07) is 9.41. The van der Waals surface area contributed by atoms with E-state index in [1.54, 1.807) is 0 Å². The second kappa shape index (κ2) is 8.64. The van der Waals surface area contributed by atoms with Gasteiger partial charge in [-0.3, -0.25) is 4.79 Å². The summed E-state index contributed by atoms with van der Waals surface area (Å²) in [6.07, 6.45) is 2.93. The van der Waals surface area contributed by atoms with Crippen molar-refractivity contribution in [1.82, 2.24) is 4.90 Å². The molecule has 1 amide bonds. The van der Waals surface area contributed by atoms with Crippen LogP contribution < -0.4 is 10.5 Å². The number of para-hydroxylation sites is 1. The Hall–Kier alpha value is -1.59. The number of amides is 1. The molecule has 1 fully saturated rings. The molecule has 0 atom stereocenters. The van der Waals surface area contributed by atoms with Crippen molar-refractivity contribution < 1.29 is 14.3 Å². The Kier molecular flexibility index (Phi) is 6.50. The fraction of sp³-hybridized carbons (Fsp3) is 0.562. The van der Waals surface area contributed by atoms with Gasteiger partial charge in [-0.05, 0) is 37.9 Å². The molecule has 1 saturated heterocycles. The van der Waals surface area contributed by atoms with Crippen molar-refractivity contribution in [2.45, 2.75) is 25.4 Å². The van der Waals surface area contributed by atoms with Gasteiger partial charge in [0.1, 0.15) is 5.75 Å². The molecule has 0 bridgehead atoms. The number of carbonyl (C=O) groups excluding carboxylic acids is 1. The maximum atomic E-state index is 12.1. The van der Waals surface area contributed by atoms with Crippen LogP contribution in [0.25, 0.3) is 0 Å². The molecule has 1 aromatic rings. The molecule has 0 radical (unpaired) electrons. The van der Waals surface area contributed by atoms with E-state index in [0.29, 0.717) is 13.2 Å². The lowest BCUT2D eigenvalue weighted by molar-refractivity contribution is -0.136. The van der Waals surface area contributed by atoms with E-state index in [1.807, 2.05) is 35.2 Å². The number of hydrogen-bond acceptors (Lipinski definition) is 4. The molecule has 21 heavy (non-hydrogen) atoms. The Labute approximate surface area is 126 Å². The van der Waals surface area contributed by atoms with E-state index < -0.39 is 0 Å². The van der Waals surface area contributed by atoms with Crippen LogP contribution in [0, 0.1) is 0 Å². The van der Waals surface area contributed by atoms with Crippen molar-refractivity contribution >= 4 is 5.91 Å². The molecule has 0 saturated carbocycles. The molecule has 0 spiro atoms. The van der Waals surface area contributed by atoms with E-state index in [9.17, 15) is 4.79 Å². The lowest BCUT2D eigenvalue weighted by atomic mass is 10.1. The summed E-state index contributed by atoms with van der Waals surface area (Å²) in [5.41, 5.74) is 5.44. The Morgan fingerprint density at radius 3 is 2.62 bits per heavy atom. The van der Waals surface area contributed by atoms with Crippen molar-refractivity contribution in [3.8, 4) is 5.75 Å². The van der Waals surface area contributed by atoms with Gasteiger partial charge in [0.25, 0.3) is 5.91 Å². The zero-order valence-corrected chi connectivity index (χ0v) is 12.4. The van der Waals surface area contributed by atoms with Crippen LogP contribution in [-0.2, 0) is 9.53 Å². The van der Waals surface area contributed by atoms with Gasteiger partial charge >= 0.3 is 0 Å². The van der Waals surface area contributed by atoms with E-state index in [1.165, 1.54) is 0 Å². The molecule has 2 N–H and O–H groups in total. The summed E-state index contributed by atoms with van der Waals surface area (Å²) in [7, 11) is 0. The van der Waals surface area contributed by atoms with Gasteiger partial charge in [0.15, 0.2) is 6.61 Å². The van der Waals surface area contributed by atoms with Gasteiger partial charge in [-0.2, -0.15) is 0 Å². The minimum Gasteiger partial charge on any atom is -0.484 e. The number of rotatable bonds is 7. The normalized spacial score (nSPS) is 16.0. The average Bonchev–Trinajstić information content (AvgIpc) is 2.54. The predicted molar refractivity (Wildman–Crippen MR) is 81.2 cm³/mol. The first-order valence-electron chi connectivity index (χ1n) is 7.57. The molecule has 1 aliphatic rings. The van der Waals surface area contributed by atoms with E-state index >= 15 is 0 Å². The SMILES string of the molecule is NCCCOC1CCN(C(=O)COc2ccccc2)CC1. The number of nitrogens with two attached hydrogens (primary N) is 1. The number of piperidine rings is 1. The smallest absolute Gasteiger partial charge is 0.260 e. The maximum absolute atomic E-state index is 12.1. The molecular formula is C16H24N2O3. The van der Waals surface area contributed by atoms with Crippen LogP contribution in [0.2, 0.25) is 0 Å². The standard InChI is InChI=1S/C16H24N2O3/c17-9-4-12-20-15-7-10-18(11-8-15)16(19)13-21-14-5-2-1-3-6-14/h1-3,5-6,15H,4,7-13,17H2. The minimum atomic E-state index is 0.0410. The van der Waals surface area contributed by atoms with Crippen molar-refractivity contribution in [3.05, 3.63) is 30.3 Å². The number of nitrogens with zero attached hydrogens (tertiary/aromatic N) is 1. The highest BCUT2D eigenvalue weighted by atomic mass is 16.5. The van der Waals surface area contributed by atoms with Crippen LogP contribution in [0.15, 0.2) is 30.3 Å². The van der Waals surface area contributed by atoms with Crippen LogP contribution >= 0.6 is 0 Å². The minimum absolute atomic E-state index is 0.0410. The molecule has 1 heterocycles. The fourth-order valence-corrected chi connectivity index (χ4v) is 2.36.